The Morgan fingerprint density at radius 1 is 0.786 bits per heavy atom. The Balaban J connectivity index is 1.48. The van der Waals surface area contributed by atoms with E-state index >= 15 is 0 Å². The maximum atomic E-state index is 13.4. The molecule has 0 aliphatic carbocycles. The first kappa shape index (κ1) is 19.2. The molecule has 2 saturated heterocycles. The SMILES string of the molecule is O=C(c1cccs1)N1CCN([C@H](C(=O)N2CCCCC2)c2ccccc2)CC1. The normalized spacial score (nSPS) is 19.4. The molecule has 0 radical (unpaired) electrons. The molecular weight excluding hydrogens is 370 g/mol. The maximum absolute atomic E-state index is 13.4. The van der Waals surface area contributed by atoms with Gasteiger partial charge in [-0.3, -0.25) is 14.5 Å². The van der Waals surface area contributed by atoms with Gasteiger partial charge in [-0.1, -0.05) is 36.4 Å². The molecule has 148 valence electrons. The molecule has 2 amide bonds. The zero-order valence-corrected chi connectivity index (χ0v) is 16.9. The molecule has 6 heteroatoms. The average molecular weight is 398 g/mol. The molecule has 2 aliphatic heterocycles. The van der Waals surface area contributed by atoms with Gasteiger partial charge in [-0.15, -0.1) is 11.3 Å². The lowest BCUT2D eigenvalue weighted by Gasteiger charge is -2.41. The first-order valence-electron chi connectivity index (χ1n) is 10.1. The monoisotopic (exact) mass is 397 g/mol. The number of hydrogen-bond acceptors (Lipinski definition) is 4. The van der Waals surface area contributed by atoms with E-state index in [0.29, 0.717) is 13.1 Å². The quantitative estimate of drug-likeness (QED) is 0.795. The standard InChI is InChI=1S/C22H27N3O2S/c26-21(19-10-7-17-28-19)25-15-13-23(14-16-25)20(18-8-3-1-4-9-18)22(27)24-11-5-2-6-12-24/h1,3-4,7-10,17,20H,2,5-6,11-16H2/t20-/m0/s1. The van der Waals surface area contributed by atoms with Gasteiger partial charge in [0.15, 0.2) is 0 Å². The number of piperazine rings is 1. The van der Waals surface area contributed by atoms with Gasteiger partial charge in [0.05, 0.1) is 4.88 Å². The van der Waals surface area contributed by atoms with Crippen LogP contribution >= 0.6 is 11.3 Å². The van der Waals surface area contributed by atoms with E-state index in [9.17, 15) is 9.59 Å². The number of carbonyl (C=O) groups is 2. The van der Waals surface area contributed by atoms with Crippen LogP contribution in [0.25, 0.3) is 0 Å². The average Bonchev–Trinajstić information content (AvgIpc) is 3.30. The van der Waals surface area contributed by atoms with E-state index in [0.717, 1.165) is 49.5 Å². The predicted molar refractivity (Wildman–Crippen MR) is 111 cm³/mol. The largest absolute Gasteiger partial charge is 0.341 e. The third-order valence-corrected chi connectivity index (χ3v) is 6.57. The van der Waals surface area contributed by atoms with E-state index in [2.05, 4.69) is 17.0 Å². The molecule has 1 atom stereocenters. The highest BCUT2D eigenvalue weighted by molar-refractivity contribution is 7.12. The van der Waals surface area contributed by atoms with Gasteiger partial charge in [-0.2, -0.15) is 0 Å². The van der Waals surface area contributed by atoms with Gasteiger partial charge in [-0.25, -0.2) is 0 Å². The summed E-state index contributed by atoms with van der Waals surface area (Å²) in [6.07, 6.45) is 3.40. The van der Waals surface area contributed by atoms with Crippen molar-refractivity contribution >= 4 is 23.2 Å². The van der Waals surface area contributed by atoms with Gasteiger partial charge in [0.2, 0.25) is 5.91 Å². The second-order valence-electron chi connectivity index (χ2n) is 7.50. The summed E-state index contributed by atoms with van der Waals surface area (Å²) in [7, 11) is 0. The van der Waals surface area contributed by atoms with E-state index in [1.165, 1.54) is 17.8 Å². The molecule has 5 nitrogen and oxygen atoms in total. The van der Waals surface area contributed by atoms with Crippen molar-refractivity contribution in [3.8, 4) is 0 Å². The molecule has 3 heterocycles. The number of rotatable bonds is 4. The number of piperidine rings is 1. The van der Waals surface area contributed by atoms with Crippen molar-refractivity contribution in [1.82, 2.24) is 14.7 Å². The highest BCUT2D eigenvalue weighted by Crippen LogP contribution is 2.27. The summed E-state index contributed by atoms with van der Waals surface area (Å²) in [5.74, 6) is 0.317. The molecule has 0 spiro atoms. The van der Waals surface area contributed by atoms with Crippen LogP contribution in [0.5, 0.6) is 0 Å². The van der Waals surface area contributed by atoms with Crippen LogP contribution in [0, 0.1) is 0 Å². The number of carbonyl (C=O) groups excluding carboxylic acids is 2. The van der Waals surface area contributed by atoms with E-state index in [4.69, 9.17) is 0 Å². The molecule has 0 N–H and O–H groups in total. The molecule has 2 aliphatic rings. The lowest BCUT2D eigenvalue weighted by molar-refractivity contribution is -0.138. The van der Waals surface area contributed by atoms with Crippen molar-refractivity contribution in [2.45, 2.75) is 25.3 Å². The van der Waals surface area contributed by atoms with Crippen LogP contribution in [0.2, 0.25) is 0 Å². The number of benzene rings is 1. The minimum Gasteiger partial charge on any atom is -0.341 e. The number of likely N-dealkylation sites (tertiary alicyclic amines) is 1. The number of thiophene rings is 1. The van der Waals surface area contributed by atoms with Gasteiger partial charge < -0.3 is 9.80 Å². The summed E-state index contributed by atoms with van der Waals surface area (Å²) in [5.41, 5.74) is 1.05. The molecular formula is C22H27N3O2S. The van der Waals surface area contributed by atoms with E-state index in [1.54, 1.807) is 0 Å². The fourth-order valence-electron chi connectivity index (χ4n) is 4.17. The third-order valence-electron chi connectivity index (χ3n) is 5.72. The van der Waals surface area contributed by atoms with Crippen LogP contribution in [0.3, 0.4) is 0 Å². The van der Waals surface area contributed by atoms with Crippen LogP contribution in [0.1, 0.15) is 40.5 Å². The molecule has 2 aromatic rings. The lowest BCUT2D eigenvalue weighted by atomic mass is 10.0. The summed E-state index contributed by atoms with van der Waals surface area (Å²) >= 11 is 1.49. The second-order valence-corrected chi connectivity index (χ2v) is 8.45. The molecule has 0 unspecified atom stereocenters. The molecule has 1 aromatic heterocycles. The summed E-state index contributed by atoms with van der Waals surface area (Å²) in [6.45, 7) is 4.48. The van der Waals surface area contributed by atoms with Gasteiger partial charge in [0, 0.05) is 39.3 Å². The van der Waals surface area contributed by atoms with Crippen molar-refractivity contribution in [3.63, 3.8) is 0 Å². The fraction of sp³-hybridized carbons (Fsp3) is 0.455. The zero-order chi connectivity index (χ0) is 19.3. The minimum atomic E-state index is -0.252. The Kier molecular flexibility index (Phi) is 6.07. The van der Waals surface area contributed by atoms with Crippen LogP contribution in [-0.4, -0.2) is 65.8 Å². The van der Waals surface area contributed by atoms with Crippen LogP contribution in [0.4, 0.5) is 0 Å². The lowest BCUT2D eigenvalue weighted by Crippen LogP contribution is -2.53. The highest BCUT2D eigenvalue weighted by Gasteiger charge is 2.34. The maximum Gasteiger partial charge on any atom is 0.264 e. The first-order chi connectivity index (χ1) is 13.7. The highest BCUT2D eigenvalue weighted by atomic mass is 32.1. The summed E-state index contributed by atoms with van der Waals surface area (Å²) in [5, 5.41) is 1.94. The number of amides is 2. The van der Waals surface area contributed by atoms with Crippen molar-refractivity contribution in [2.75, 3.05) is 39.3 Å². The van der Waals surface area contributed by atoms with E-state index in [1.807, 2.05) is 45.5 Å². The van der Waals surface area contributed by atoms with Crippen LogP contribution in [-0.2, 0) is 4.79 Å². The second kappa shape index (κ2) is 8.88. The van der Waals surface area contributed by atoms with E-state index in [-0.39, 0.29) is 17.9 Å². The Labute approximate surface area is 170 Å². The van der Waals surface area contributed by atoms with E-state index < -0.39 is 0 Å². The molecule has 2 fully saturated rings. The summed E-state index contributed by atoms with van der Waals surface area (Å²) in [4.78, 5) is 33.0. The molecule has 28 heavy (non-hydrogen) atoms. The summed E-state index contributed by atoms with van der Waals surface area (Å²) < 4.78 is 0. The first-order valence-corrected chi connectivity index (χ1v) is 11.0. The Morgan fingerprint density at radius 3 is 2.14 bits per heavy atom. The molecule has 0 bridgehead atoms. The van der Waals surface area contributed by atoms with Crippen LogP contribution in [0.15, 0.2) is 47.8 Å². The molecule has 1 aromatic carbocycles. The third kappa shape index (κ3) is 4.13. The Hall–Kier alpha value is -2.18. The number of hydrogen-bond donors (Lipinski definition) is 0. The smallest absolute Gasteiger partial charge is 0.264 e. The predicted octanol–water partition coefficient (Wildman–Crippen LogP) is 3.26. The Morgan fingerprint density at radius 2 is 1.50 bits per heavy atom. The number of nitrogens with zero attached hydrogens (tertiary/aromatic N) is 3. The van der Waals surface area contributed by atoms with Gasteiger partial charge in [-0.05, 0) is 36.3 Å². The topological polar surface area (TPSA) is 43.9 Å². The fourth-order valence-corrected chi connectivity index (χ4v) is 4.86. The van der Waals surface area contributed by atoms with Gasteiger partial charge in [0.25, 0.3) is 5.91 Å². The van der Waals surface area contributed by atoms with Crippen molar-refractivity contribution in [1.29, 1.82) is 0 Å². The van der Waals surface area contributed by atoms with Crippen molar-refractivity contribution in [2.24, 2.45) is 0 Å². The van der Waals surface area contributed by atoms with Crippen molar-refractivity contribution < 1.29 is 9.59 Å². The van der Waals surface area contributed by atoms with Crippen LogP contribution < -0.4 is 0 Å². The van der Waals surface area contributed by atoms with Gasteiger partial charge in [0.1, 0.15) is 6.04 Å². The molecule has 0 saturated carbocycles. The minimum absolute atomic E-state index is 0.105. The van der Waals surface area contributed by atoms with Gasteiger partial charge >= 0.3 is 0 Å². The van der Waals surface area contributed by atoms with Crippen molar-refractivity contribution in [3.05, 3.63) is 58.3 Å². The zero-order valence-electron chi connectivity index (χ0n) is 16.1. The summed E-state index contributed by atoms with van der Waals surface area (Å²) in [6, 6.07) is 13.6. The Bertz CT molecular complexity index is 779. The molecule has 4 rings (SSSR count).